The molecule has 8 heteroatoms. The molecule has 5 nitrogen and oxygen atoms in total. The molecule has 0 saturated carbocycles. The second kappa shape index (κ2) is 9.58. The highest BCUT2D eigenvalue weighted by molar-refractivity contribution is 5.94. The Bertz CT molecular complexity index is 896. The van der Waals surface area contributed by atoms with Gasteiger partial charge in [0.2, 0.25) is 11.8 Å². The van der Waals surface area contributed by atoms with Crippen LogP contribution in [0.3, 0.4) is 0 Å². The Kier molecular flexibility index (Phi) is 6.89. The Morgan fingerprint density at radius 2 is 1.80 bits per heavy atom. The topological polar surface area (TPSA) is 58.6 Å². The molecular formula is C22H21F3N2O3. The Labute approximate surface area is 172 Å². The zero-order chi connectivity index (χ0) is 21.6. The fourth-order valence-corrected chi connectivity index (χ4v) is 3.03. The lowest BCUT2D eigenvalue weighted by Gasteiger charge is -2.33. The molecule has 0 aliphatic carbocycles. The highest BCUT2D eigenvalue weighted by atomic mass is 19.4. The van der Waals surface area contributed by atoms with Gasteiger partial charge < -0.3 is 15.0 Å². The number of amides is 2. The minimum atomic E-state index is -4.40. The fraction of sp³-hybridized carbons (Fsp3) is 0.273. The molecule has 30 heavy (non-hydrogen) atoms. The van der Waals surface area contributed by atoms with Crippen LogP contribution in [0.25, 0.3) is 6.08 Å². The molecule has 1 fully saturated rings. The Hall–Kier alpha value is -3.13. The first-order valence-corrected chi connectivity index (χ1v) is 9.40. The molecule has 2 aromatic carbocycles. The van der Waals surface area contributed by atoms with Crippen LogP contribution in [-0.2, 0) is 20.5 Å². The van der Waals surface area contributed by atoms with Gasteiger partial charge in [-0.1, -0.05) is 42.5 Å². The predicted octanol–water partition coefficient (Wildman–Crippen LogP) is 3.43. The Balaban J connectivity index is 1.48. The smallest absolute Gasteiger partial charge is 0.370 e. The van der Waals surface area contributed by atoms with Crippen LogP contribution in [0.4, 0.5) is 13.2 Å². The third-order valence-corrected chi connectivity index (χ3v) is 4.67. The summed E-state index contributed by atoms with van der Waals surface area (Å²) in [5.41, 5.74) is 0.677. The van der Waals surface area contributed by atoms with Crippen molar-refractivity contribution in [2.24, 2.45) is 0 Å². The van der Waals surface area contributed by atoms with Crippen molar-refractivity contribution in [1.82, 2.24) is 10.2 Å². The number of alkyl halides is 3. The van der Waals surface area contributed by atoms with E-state index in [-0.39, 0.29) is 18.6 Å². The average Bonchev–Trinajstić information content (AvgIpc) is 2.76. The molecule has 1 atom stereocenters. The first-order chi connectivity index (χ1) is 14.3. The van der Waals surface area contributed by atoms with E-state index in [2.05, 4.69) is 5.32 Å². The van der Waals surface area contributed by atoms with Gasteiger partial charge in [-0.25, -0.2) is 0 Å². The number of carbonyl (C=O) groups excluding carboxylic acids is 2. The van der Waals surface area contributed by atoms with Crippen LogP contribution in [0.1, 0.15) is 22.8 Å². The molecule has 1 heterocycles. The van der Waals surface area contributed by atoms with Crippen LogP contribution in [0.15, 0.2) is 60.7 Å². The van der Waals surface area contributed by atoms with Crippen LogP contribution < -0.4 is 5.32 Å². The van der Waals surface area contributed by atoms with E-state index in [4.69, 9.17) is 4.74 Å². The van der Waals surface area contributed by atoms with Gasteiger partial charge in [0.15, 0.2) is 0 Å². The second-order valence-electron chi connectivity index (χ2n) is 6.78. The minimum absolute atomic E-state index is 0.169. The van der Waals surface area contributed by atoms with E-state index >= 15 is 0 Å². The van der Waals surface area contributed by atoms with Crippen molar-refractivity contribution in [2.75, 3.05) is 26.2 Å². The van der Waals surface area contributed by atoms with Crippen LogP contribution in [0.5, 0.6) is 0 Å². The molecule has 0 bridgehead atoms. The standard InChI is InChI=1S/C22H21F3N2O3/c23-22(24,25)18-9-6-16(7-10-18)8-11-20(28)26-14-21(29)27-12-13-30-19(15-27)17-4-2-1-3-5-17/h1-11,19H,12-15H2,(H,26,28)/b11-8+. The van der Waals surface area contributed by atoms with Gasteiger partial charge in [0.1, 0.15) is 6.10 Å². The summed E-state index contributed by atoms with van der Waals surface area (Å²) < 4.78 is 43.4. The van der Waals surface area contributed by atoms with Crippen molar-refractivity contribution in [1.29, 1.82) is 0 Å². The van der Waals surface area contributed by atoms with Gasteiger partial charge in [-0.15, -0.1) is 0 Å². The number of hydrogen-bond donors (Lipinski definition) is 1. The zero-order valence-corrected chi connectivity index (χ0v) is 16.1. The predicted molar refractivity (Wildman–Crippen MR) is 105 cm³/mol. The fourth-order valence-electron chi connectivity index (χ4n) is 3.03. The number of rotatable bonds is 5. The first-order valence-electron chi connectivity index (χ1n) is 9.40. The molecule has 158 valence electrons. The summed E-state index contributed by atoms with van der Waals surface area (Å²) in [4.78, 5) is 26.0. The molecular weight excluding hydrogens is 397 g/mol. The van der Waals surface area contributed by atoms with Crippen molar-refractivity contribution in [3.05, 3.63) is 77.4 Å². The van der Waals surface area contributed by atoms with Crippen LogP contribution in [0.2, 0.25) is 0 Å². The van der Waals surface area contributed by atoms with Crippen molar-refractivity contribution in [3.63, 3.8) is 0 Å². The molecule has 2 amide bonds. The highest BCUT2D eigenvalue weighted by Gasteiger charge is 2.29. The Morgan fingerprint density at radius 3 is 2.47 bits per heavy atom. The summed E-state index contributed by atoms with van der Waals surface area (Å²) in [6.07, 6.45) is -2.04. The third kappa shape index (κ3) is 5.93. The van der Waals surface area contributed by atoms with E-state index in [0.717, 1.165) is 17.7 Å². The van der Waals surface area contributed by atoms with Gasteiger partial charge in [-0.05, 0) is 29.3 Å². The number of carbonyl (C=O) groups is 2. The summed E-state index contributed by atoms with van der Waals surface area (Å²) in [6, 6.07) is 14.0. The normalized spacial score (nSPS) is 17.2. The molecule has 1 aliphatic rings. The number of nitrogens with one attached hydrogen (secondary N) is 1. The first kappa shape index (κ1) is 21.6. The quantitative estimate of drug-likeness (QED) is 0.757. The molecule has 3 rings (SSSR count). The zero-order valence-electron chi connectivity index (χ0n) is 16.1. The number of ether oxygens (including phenoxy) is 1. The molecule has 1 saturated heterocycles. The van der Waals surface area contributed by atoms with E-state index in [1.807, 2.05) is 30.3 Å². The van der Waals surface area contributed by atoms with Gasteiger partial charge in [0.05, 0.1) is 25.3 Å². The SMILES string of the molecule is O=C(/C=C/c1ccc(C(F)(F)F)cc1)NCC(=O)N1CCOC(c2ccccc2)C1. The minimum Gasteiger partial charge on any atom is -0.370 e. The van der Waals surface area contributed by atoms with E-state index in [0.29, 0.717) is 25.3 Å². The van der Waals surface area contributed by atoms with E-state index in [9.17, 15) is 22.8 Å². The lowest BCUT2D eigenvalue weighted by atomic mass is 10.1. The van der Waals surface area contributed by atoms with E-state index in [1.54, 1.807) is 4.90 Å². The van der Waals surface area contributed by atoms with Crippen molar-refractivity contribution in [2.45, 2.75) is 12.3 Å². The van der Waals surface area contributed by atoms with E-state index < -0.39 is 17.6 Å². The number of nitrogens with zero attached hydrogens (tertiary/aromatic N) is 1. The largest absolute Gasteiger partial charge is 0.416 e. The van der Waals surface area contributed by atoms with Gasteiger partial charge in [0.25, 0.3) is 0 Å². The molecule has 0 radical (unpaired) electrons. The van der Waals surface area contributed by atoms with E-state index in [1.165, 1.54) is 24.3 Å². The van der Waals surface area contributed by atoms with Gasteiger partial charge in [-0.3, -0.25) is 9.59 Å². The van der Waals surface area contributed by atoms with Crippen molar-refractivity contribution >= 4 is 17.9 Å². The lowest BCUT2D eigenvalue weighted by Crippen LogP contribution is -2.46. The maximum absolute atomic E-state index is 12.6. The summed E-state index contributed by atoms with van der Waals surface area (Å²) in [5.74, 6) is -0.730. The third-order valence-electron chi connectivity index (χ3n) is 4.67. The summed E-state index contributed by atoms with van der Waals surface area (Å²) in [5, 5.41) is 2.50. The van der Waals surface area contributed by atoms with Gasteiger partial charge >= 0.3 is 6.18 Å². The molecule has 1 N–H and O–H groups in total. The molecule has 2 aromatic rings. The van der Waals surface area contributed by atoms with Gasteiger partial charge in [0, 0.05) is 12.6 Å². The second-order valence-corrected chi connectivity index (χ2v) is 6.78. The highest BCUT2D eigenvalue weighted by Crippen LogP contribution is 2.29. The number of benzene rings is 2. The molecule has 0 spiro atoms. The molecule has 1 unspecified atom stereocenters. The average molecular weight is 418 g/mol. The van der Waals surface area contributed by atoms with Crippen LogP contribution in [0, 0.1) is 0 Å². The molecule has 1 aliphatic heterocycles. The summed E-state index contributed by atoms with van der Waals surface area (Å²) in [6.45, 7) is 1.09. The summed E-state index contributed by atoms with van der Waals surface area (Å²) in [7, 11) is 0. The van der Waals surface area contributed by atoms with Crippen molar-refractivity contribution in [3.8, 4) is 0 Å². The van der Waals surface area contributed by atoms with Gasteiger partial charge in [-0.2, -0.15) is 13.2 Å². The molecule has 0 aromatic heterocycles. The number of halogens is 3. The van der Waals surface area contributed by atoms with Crippen LogP contribution in [-0.4, -0.2) is 43.0 Å². The lowest BCUT2D eigenvalue weighted by molar-refractivity contribution is -0.139. The number of hydrogen-bond acceptors (Lipinski definition) is 3. The Morgan fingerprint density at radius 1 is 1.10 bits per heavy atom. The number of morpholine rings is 1. The van der Waals surface area contributed by atoms with Crippen molar-refractivity contribution < 1.29 is 27.5 Å². The maximum Gasteiger partial charge on any atom is 0.416 e. The summed E-state index contributed by atoms with van der Waals surface area (Å²) >= 11 is 0. The van der Waals surface area contributed by atoms with Crippen LogP contribution >= 0.6 is 0 Å². The monoisotopic (exact) mass is 418 g/mol. The maximum atomic E-state index is 12.6.